The van der Waals surface area contributed by atoms with Crippen LogP contribution < -0.4 is 0 Å². The summed E-state index contributed by atoms with van der Waals surface area (Å²) in [5.74, 6) is 0. The van der Waals surface area contributed by atoms with E-state index in [9.17, 15) is 0 Å². The third kappa shape index (κ3) is 1.51. The van der Waals surface area contributed by atoms with Crippen LogP contribution in [0, 0.1) is 0 Å². The van der Waals surface area contributed by atoms with Gasteiger partial charge in [0, 0.05) is 38.6 Å². The van der Waals surface area contributed by atoms with Crippen LogP contribution in [0.1, 0.15) is 0 Å². The van der Waals surface area contributed by atoms with Gasteiger partial charge in [-0.1, -0.05) is 0 Å². The Morgan fingerprint density at radius 2 is 2.33 bits per heavy atom. The molecule has 0 fully saturated rings. The second-order valence-corrected chi connectivity index (χ2v) is 0.761. The van der Waals surface area contributed by atoms with Gasteiger partial charge in [-0.2, -0.15) is 0 Å². The fourth-order valence-corrected chi connectivity index (χ4v) is 0.215. The zero-order valence-corrected chi connectivity index (χ0v) is 6.60. The minimum Gasteiger partial charge on any atom is -0.351 e. The molecule has 1 aromatic rings. The van der Waals surface area contributed by atoms with Crippen LogP contribution in [-0.4, -0.2) is 36.2 Å². The molecule has 0 unspecified atom stereocenters. The summed E-state index contributed by atoms with van der Waals surface area (Å²) in [7, 11) is 0. The molecule has 0 atom stereocenters. The summed E-state index contributed by atoms with van der Waals surface area (Å²) in [6, 6.07) is 0. The molecule has 0 aromatic carbocycles. The number of hydrogen-bond donors (Lipinski definition) is 1. The van der Waals surface area contributed by atoms with Gasteiger partial charge in [-0.05, 0) is 0 Å². The molecule has 3 heteroatoms. The molecule has 0 aliphatic carbocycles. The number of hydrogen-bond acceptors (Lipinski definition) is 1. The number of aromatic amines is 1. The van der Waals surface area contributed by atoms with Gasteiger partial charge in [0.2, 0.25) is 0 Å². The maximum atomic E-state index is 3.67. The van der Waals surface area contributed by atoms with Crippen LogP contribution in [0.4, 0.5) is 0 Å². The molecule has 0 saturated heterocycles. The SMILES string of the molecule is [Bi].c1c[nH]cn1. The summed E-state index contributed by atoms with van der Waals surface area (Å²) >= 11 is 0. The summed E-state index contributed by atoms with van der Waals surface area (Å²) in [5.41, 5.74) is 0. The van der Waals surface area contributed by atoms with Crippen molar-refractivity contribution in [2.24, 2.45) is 0 Å². The van der Waals surface area contributed by atoms with Gasteiger partial charge in [0.25, 0.3) is 0 Å². The van der Waals surface area contributed by atoms with Crippen molar-refractivity contribution in [2.45, 2.75) is 0 Å². The summed E-state index contributed by atoms with van der Waals surface area (Å²) in [6.07, 6.45) is 5.08. The Bertz CT molecular complexity index is 65.3. The normalized spacial score (nSPS) is 6.67. The molecule has 1 N–H and O–H groups in total. The molecule has 0 saturated carbocycles. The van der Waals surface area contributed by atoms with E-state index in [0.717, 1.165) is 0 Å². The zero-order valence-electron chi connectivity index (χ0n) is 3.13. The Hall–Kier alpha value is 0.0931. The van der Waals surface area contributed by atoms with Gasteiger partial charge in [-0.15, -0.1) is 0 Å². The summed E-state index contributed by atoms with van der Waals surface area (Å²) < 4.78 is 0. The Morgan fingerprint density at radius 1 is 1.50 bits per heavy atom. The van der Waals surface area contributed by atoms with Gasteiger partial charge < -0.3 is 4.98 Å². The maximum absolute atomic E-state index is 3.67. The minimum absolute atomic E-state index is 0. The van der Waals surface area contributed by atoms with Gasteiger partial charge in [0.15, 0.2) is 0 Å². The molecule has 1 heterocycles. The van der Waals surface area contributed by atoms with Crippen LogP contribution in [-0.2, 0) is 0 Å². The second kappa shape index (κ2) is 3.29. The Kier molecular flexibility index (Phi) is 3.34. The van der Waals surface area contributed by atoms with Crippen molar-refractivity contribution in [2.75, 3.05) is 0 Å². The Balaban J connectivity index is 0.000000250. The van der Waals surface area contributed by atoms with Crippen LogP contribution in [0.25, 0.3) is 0 Å². The molecule has 3 radical (unpaired) electrons. The second-order valence-electron chi connectivity index (χ2n) is 0.761. The van der Waals surface area contributed by atoms with E-state index in [1.165, 1.54) is 0 Å². The topological polar surface area (TPSA) is 28.7 Å². The quantitative estimate of drug-likeness (QED) is 0.666. The van der Waals surface area contributed by atoms with Crippen LogP contribution in [0.2, 0.25) is 0 Å². The van der Waals surface area contributed by atoms with Gasteiger partial charge in [-0.25, -0.2) is 4.98 Å². The monoisotopic (exact) mass is 277 g/mol. The Morgan fingerprint density at radius 3 is 2.50 bits per heavy atom. The molecule has 0 bridgehead atoms. The number of H-pyrrole nitrogens is 1. The standard InChI is InChI=1S/C3H4N2.Bi/c1-2-5-3-4-1;/h1-3H,(H,4,5);. The summed E-state index contributed by atoms with van der Waals surface area (Å²) in [6.45, 7) is 0. The van der Waals surface area contributed by atoms with Crippen molar-refractivity contribution in [1.29, 1.82) is 0 Å². The van der Waals surface area contributed by atoms with E-state index in [2.05, 4.69) is 9.97 Å². The molecule has 0 amide bonds. The van der Waals surface area contributed by atoms with Crippen LogP contribution >= 0.6 is 0 Å². The van der Waals surface area contributed by atoms with Crippen molar-refractivity contribution in [1.82, 2.24) is 9.97 Å². The minimum atomic E-state index is 0. The van der Waals surface area contributed by atoms with Crippen molar-refractivity contribution < 1.29 is 0 Å². The average Bonchev–Trinajstić information content (AvgIpc) is 1.76. The van der Waals surface area contributed by atoms with Crippen molar-refractivity contribution in [3.63, 3.8) is 0 Å². The van der Waals surface area contributed by atoms with Gasteiger partial charge in [0.1, 0.15) is 0 Å². The van der Waals surface area contributed by atoms with Gasteiger partial charge >= 0.3 is 0 Å². The van der Waals surface area contributed by atoms with E-state index >= 15 is 0 Å². The predicted octanol–water partition coefficient (Wildman–Crippen LogP) is 0.0289. The van der Waals surface area contributed by atoms with Crippen LogP contribution in [0.3, 0.4) is 0 Å². The zero-order chi connectivity index (χ0) is 3.54. The number of nitrogens with zero attached hydrogens (tertiary/aromatic N) is 1. The third-order valence-electron chi connectivity index (χ3n) is 0.406. The van der Waals surface area contributed by atoms with E-state index in [-0.39, 0.29) is 26.2 Å². The third-order valence-corrected chi connectivity index (χ3v) is 0.406. The fourth-order valence-electron chi connectivity index (χ4n) is 0.215. The molecule has 0 aliphatic heterocycles. The van der Waals surface area contributed by atoms with Crippen molar-refractivity contribution in [3.8, 4) is 0 Å². The molecule has 0 spiro atoms. The van der Waals surface area contributed by atoms with E-state index in [0.29, 0.717) is 0 Å². The van der Waals surface area contributed by atoms with E-state index in [1.807, 2.05) is 0 Å². The smallest absolute Gasteiger partial charge is 0.0919 e. The first-order chi connectivity index (χ1) is 2.50. The number of aromatic nitrogens is 2. The molecule has 2 nitrogen and oxygen atoms in total. The van der Waals surface area contributed by atoms with E-state index in [4.69, 9.17) is 0 Å². The number of imidazole rings is 1. The molecule has 1 rings (SSSR count). The van der Waals surface area contributed by atoms with E-state index in [1.54, 1.807) is 18.7 Å². The predicted molar refractivity (Wildman–Crippen MR) is 24.3 cm³/mol. The molecular formula is C3H4BiN2. The summed E-state index contributed by atoms with van der Waals surface area (Å²) in [4.78, 5) is 6.42. The molecule has 31 valence electrons. The Labute approximate surface area is 55.1 Å². The molecule has 1 aromatic heterocycles. The van der Waals surface area contributed by atoms with Gasteiger partial charge in [0.05, 0.1) is 6.33 Å². The average molecular weight is 277 g/mol. The number of rotatable bonds is 0. The van der Waals surface area contributed by atoms with Crippen LogP contribution in [0.15, 0.2) is 18.7 Å². The maximum Gasteiger partial charge on any atom is 0.0919 e. The first kappa shape index (κ1) is 6.09. The molecule has 0 aliphatic rings. The molecule has 6 heavy (non-hydrogen) atoms. The summed E-state index contributed by atoms with van der Waals surface area (Å²) in [5, 5.41) is 0. The van der Waals surface area contributed by atoms with E-state index < -0.39 is 0 Å². The fraction of sp³-hybridized carbons (Fsp3) is 0. The number of nitrogens with one attached hydrogen (secondary N) is 1. The first-order valence-electron chi connectivity index (χ1n) is 1.43. The molecular weight excluding hydrogens is 273 g/mol. The first-order valence-corrected chi connectivity index (χ1v) is 1.43. The van der Waals surface area contributed by atoms with Crippen LogP contribution in [0.5, 0.6) is 0 Å². The van der Waals surface area contributed by atoms with Crippen molar-refractivity contribution >= 4 is 26.2 Å². The van der Waals surface area contributed by atoms with Gasteiger partial charge in [-0.3, -0.25) is 0 Å². The largest absolute Gasteiger partial charge is 0.351 e. The van der Waals surface area contributed by atoms with Crippen molar-refractivity contribution in [3.05, 3.63) is 18.7 Å².